The van der Waals surface area contributed by atoms with E-state index >= 15 is 0 Å². The van der Waals surface area contributed by atoms with E-state index in [-0.39, 0.29) is 42.0 Å². The Bertz CT molecular complexity index is 546. The van der Waals surface area contributed by atoms with Crippen LogP contribution in [-0.4, -0.2) is 67.7 Å². The van der Waals surface area contributed by atoms with E-state index in [0.717, 1.165) is 12.8 Å². The molecule has 1 unspecified atom stereocenters. The summed E-state index contributed by atoms with van der Waals surface area (Å²) in [4.78, 5) is 30.4. The van der Waals surface area contributed by atoms with Gasteiger partial charge in [0.25, 0.3) is 0 Å². The maximum absolute atomic E-state index is 12.3. The number of likely N-dealkylation sites (tertiary alicyclic amines) is 1. The Labute approximate surface area is 186 Å². The molecule has 1 aliphatic heterocycles. The number of hydrogen-bond donors (Lipinski definition) is 3. The fourth-order valence-corrected chi connectivity index (χ4v) is 2.76. The molecule has 1 atom stereocenters. The van der Waals surface area contributed by atoms with Gasteiger partial charge in [0, 0.05) is 39.3 Å². The smallest absolute Gasteiger partial charge is 0.410 e. The summed E-state index contributed by atoms with van der Waals surface area (Å²) in [5.74, 6) is 0.630. The quantitative estimate of drug-likeness (QED) is 0.299. The van der Waals surface area contributed by atoms with Gasteiger partial charge < -0.3 is 25.6 Å². The first-order valence-corrected chi connectivity index (χ1v) is 9.72. The third-order valence-corrected chi connectivity index (χ3v) is 4.29. The van der Waals surface area contributed by atoms with Crippen molar-refractivity contribution in [2.24, 2.45) is 10.4 Å². The van der Waals surface area contributed by atoms with Gasteiger partial charge in [0.05, 0.1) is 5.41 Å². The SMILES string of the molecule is CCNC(=O)C(C)(C)CNC(=NC)NC1CCCN(C(=O)OC(C)(C)C)C1.I. The van der Waals surface area contributed by atoms with Crippen LogP contribution in [0.25, 0.3) is 0 Å². The first kappa shape index (κ1) is 26.7. The molecule has 1 rings (SSSR count). The average molecular weight is 511 g/mol. The van der Waals surface area contributed by atoms with Gasteiger partial charge in [0.15, 0.2) is 5.96 Å². The molecule has 164 valence electrons. The van der Waals surface area contributed by atoms with Crippen LogP contribution in [0, 0.1) is 5.41 Å². The van der Waals surface area contributed by atoms with Crippen LogP contribution in [-0.2, 0) is 9.53 Å². The van der Waals surface area contributed by atoms with Gasteiger partial charge in [-0.1, -0.05) is 0 Å². The fourth-order valence-electron chi connectivity index (χ4n) is 2.76. The Hall–Kier alpha value is -1.26. The molecule has 3 N–H and O–H groups in total. The Morgan fingerprint density at radius 3 is 2.36 bits per heavy atom. The van der Waals surface area contributed by atoms with Crippen molar-refractivity contribution in [3.05, 3.63) is 0 Å². The lowest BCUT2D eigenvalue weighted by atomic mass is 9.92. The topological polar surface area (TPSA) is 95.1 Å². The summed E-state index contributed by atoms with van der Waals surface area (Å²) >= 11 is 0. The minimum Gasteiger partial charge on any atom is -0.444 e. The molecular weight excluding hydrogens is 473 g/mol. The van der Waals surface area contributed by atoms with Crippen LogP contribution in [0.4, 0.5) is 4.79 Å². The molecule has 9 heteroatoms. The van der Waals surface area contributed by atoms with Crippen molar-refractivity contribution in [1.82, 2.24) is 20.9 Å². The summed E-state index contributed by atoms with van der Waals surface area (Å²) in [5, 5.41) is 9.42. The van der Waals surface area contributed by atoms with Crippen LogP contribution < -0.4 is 16.0 Å². The van der Waals surface area contributed by atoms with E-state index in [1.165, 1.54) is 0 Å². The van der Waals surface area contributed by atoms with Crippen LogP contribution in [0.1, 0.15) is 54.4 Å². The third-order valence-electron chi connectivity index (χ3n) is 4.29. The number of halogens is 1. The molecule has 0 aliphatic carbocycles. The molecule has 2 amide bonds. The van der Waals surface area contributed by atoms with Gasteiger partial charge in [-0.3, -0.25) is 9.79 Å². The highest BCUT2D eigenvalue weighted by atomic mass is 127. The molecule has 1 aliphatic rings. The molecule has 1 heterocycles. The summed E-state index contributed by atoms with van der Waals surface area (Å²) in [6.45, 7) is 13.6. The van der Waals surface area contributed by atoms with Crippen molar-refractivity contribution in [3.63, 3.8) is 0 Å². The summed E-state index contributed by atoms with van der Waals surface area (Å²) in [7, 11) is 1.70. The number of piperidine rings is 1. The summed E-state index contributed by atoms with van der Waals surface area (Å²) in [5.41, 5.74) is -1.05. The number of nitrogens with one attached hydrogen (secondary N) is 3. The monoisotopic (exact) mass is 511 g/mol. The lowest BCUT2D eigenvalue weighted by Crippen LogP contribution is -2.54. The molecule has 0 spiro atoms. The normalized spacial score (nSPS) is 18.0. The molecular formula is C19H38IN5O3. The molecule has 0 saturated carbocycles. The molecule has 28 heavy (non-hydrogen) atoms. The molecule has 1 fully saturated rings. The predicted molar refractivity (Wildman–Crippen MR) is 123 cm³/mol. The Balaban J connectivity index is 0.00000729. The molecule has 1 saturated heterocycles. The van der Waals surface area contributed by atoms with Crippen molar-refractivity contribution in [3.8, 4) is 0 Å². The Morgan fingerprint density at radius 1 is 1.18 bits per heavy atom. The van der Waals surface area contributed by atoms with Gasteiger partial charge in [-0.05, 0) is 54.4 Å². The van der Waals surface area contributed by atoms with Gasteiger partial charge in [0.2, 0.25) is 5.91 Å². The molecule has 0 aromatic carbocycles. The number of rotatable bonds is 5. The number of nitrogens with zero attached hydrogens (tertiary/aromatic N) is 2. The number of aliphatic imine (C=N–C) groups is 1. The number of guanidine groups is 1. The number of carbonyl (C=O) groups is 2. The third kappa shape index (κ3) is 9.29. The van der Waals surface area contributed by atoms with Crippen LogP contribution >= 0.6 is 24.0 Å². The van der Waals surface area contributed by atoms with Crippen molar-refractivity contribution in [2.45, 2.75) is 66.0 Å². The number of amides is 2. The molecule has 0 bridgehead atoms. The average Bonchev–Trinajstić information content (AvgIpc) is 2.57. The Kier molecular flexibility index (Phi) is 11.1. The maximum Gasteiger partial charge on any atom is 0.410 e. The molecule has 8 nitrogen and oxygen atoms in total. The zero-order valence-corrected chi connectivity index (χ0v) is 20.7. The summed E-state index contributed by atoms with van der Waals surface area (Å²) in [6.07, 6.45) is 1.56. The van der Waals surface area contributed by atoms with Gasteiger partial charge in [-0.25, -0.2) is 4.79 Å². The standard InChI is InChI=1S/C19H37N5O3.HI/c1-8-21-15(25)19(5,6)13-22-16(20-7)23-14-10-9-11-24(12-14)17(26)27-18(2,3)4;/h14H,8-13H2,1-7H3,(H,21,25)(H2,20,22,23);1H. The maximum atomic E-state index is 12.3. The van der Waals surface area contributed by atoms with Gasteiger partial charge in [-0.15, -0.1) is 24.0 Å². The van der Waals surface area contributed by atoms with E-state index in [2.05, 4.69) is 20.9 Å². The number of carbonyl (C=O) groups excluding carboxylic acids is 2. The van der Waals surface area contributed by atoms with Crippen LogP contribution in [0.15, 0.2) is 4.99 Å². The molecule has 0 aromatic heterocycles. The lowest BCUT2D eigenvalue weighted by molar-refractivity contribution is -0.128. The van der Waals surface area contributed by atoms with Crippen LogP contribution in [0.3, 0.4) is 0 Å². The highest BCUT2D eigenvalue weighted by molar-refractivity contribution is 14.0. The minimum absolute atomic E-state index is 0. The van der Waals surface area contributed by atoms with E-state index in [1.54, 1.807) is 11.9 Å². The zero-order chi connectivity index (χ0) is 20.7. The number of hydrogen-bond acceptors (Lipinski definition) is 4. The van der Waals surface area contributed by atoms with Crippen molar-refractivity contribution in [1.29, 1.82) is 0 Å². The first-order valence-electron chi connectivity index (χ1n) is 9.72. The first-order chi connectivity index (χ1) is 12.5. The lowest BCUT2D eigenvalue weighted by Gasteiger charge is -2.35. The molecule has 0 aromatic rings. The second-order valence-electron chi connectivity index (χ2n) is 8.58. The van der Waals surface area contributed by atoms with Crippen molar-refractivity contribution in [2.75, 3.05) is 33.2 Å². The second-order valence-corrected chi connectivity index (χ2v) is 8.58. The van der Waals surface area contributed by atoms with Gasteiger partial charge in [0.1, 0.15) is 5.60 Å². The highest BCUT2D eigenvalue weighted by Crippen LogP contribution is 2.16. The summed E-state index contributed by atoms with van der Waals surface area (Å²) < 4.78 is 5.47. The van der Waals surface area contributed by atoms with E-state index < -0.39 is 11.0 Å². The van der Waals surface area contributed by atoms with Crippen molar-refractivity contribution >= 4 is 41.9 Å². The summed E-state index contributed by atoms with van der Waals surface area (Å²) in [6, 6.07) is 0.0880. The predicted octanol–water partition coefficient (Wildman–Crippen LogP) is 2.33. The van der Waals surface area contributed by atoms with E-state index in [1.807, 2.05) is 41.5 Å². The molecule has 0 radical (unpaired) electrons. The number of ether oxygens (including phenoxy) is 1. The van der Waals surface area contributed by atoms with E-state index in [9.17, 15) is 9.59 Å². The van der Waals surface area contributed by atoms with Crippen LogP contribution in [0.2, 0.25) is 0 Å². The van der Waals surface area contributed by atoms with Crippen LogP contribution in [0.5, 0.6) is 0 Å². The van der Waals surface area contributed by atoms with E-state index in [4.69, 9.17) is 4.74 Å². The van der Waals surface area contributed by atoms with Gasteiger partial charge >= 0.3 is 6.09 Å². The second kappa shape index (κ2) is 11.7. The zero-order valence-electron chi connectivity index (χ0n) is 18.3. The largest absolute Gasteiger partial charge is 0.444 e. The Morgan fingerprint density at radius 2 is 1.82 bits per heavy atom. The van der Waals surface area contributed by atoms with E-state index in [0.29, 0.717) is 32.1 Å². The van der Waals surface area contributed by atoms with Crippen molar-refractivity contribution < 1.29 is 14.3 Å². The fraction of sp³-hybridized carbons (Fsp3) is 0.842. The minimum atomic E-state index is -0.553. The highest BCUT2D eigenvalue weighted by Gasteiger charge is 2.30. The van der Waals surface area contributed by atoms with Gasteiger partial charge in [-0.2, -0.15) is 0 Å².